The molecule has 8 heteroatoms. The summed E-state index contributed by atoms with van der Waals surface area (Å²) in [5.41, 5.74) is 1.35. The zero-order chi connectivity index (χ0) is 16.7. The van der Waals surface area contributed by atoms with Crippen LogP contribution in [-0.4, -0.2) is 43.4 Å². The van der Waals surface area contributed by atoms with E-state index in [0.29, 0.717) is 10.8 Å². The maximum Gasteiger partial charge on any atom is 0.362 e. The molecule has 1 aromatic carbocycles. The van der Waals surface area contributed by atoms with Crippen molar-refractivity contribution >= 4 is 46.1 Å². The second kappa shape index (κ2) is 8.44. The summed E-state index contributed by atoms with van der Waals surface area (Å²) in [6.45, 7) is 0. The monoisotopic (exact) mass is 349 g/mol. The highest BCUT2D eigenvalue weighted by molar-refractivity contribution is 7.98. The summed E-state index contributed by atoms with van der Waals surface area (Å²) in [4.78, 5) is 26.0. The number of thiazole rings is 1. The van der Waals surface area contributed by atoms with Crippen LogP contribution in [0, 0.1) is 0 Å². The van der Waals surface area contributed by atoms with Gasteiger partial charge < -0.3 is 9.57 Å². The lowest BCUT2D eigenvalue weighted by atomic mass is 10.2. The van der Waals surface area contributed by atoms with Crippen LogP contribution in [0.3, 0.4) is 0 Å². The van der Waals surface area contributed by atoms with Gasteiger partial charge in [-0.15, -0.1) is 23.1 Å². The molecular formula is C15H15N3O3S2. The number of aliphatic imine (C=N–C) groups is 1. The summed E-state index contributed by atoms with van der Waals surface area (Å²) in [6.07, 6.45) is 3.75. The Morgan fingerprint density at radius 1 is 1.30 bits per heavy atom. The second-order valence-electron chi connectivity index (χ2n) is 4.16. The first-order valence-corrected chi connectivity index (χ1v) is 8.62. The van der Waals surface area contributed by atoms with Crippen molar-refractivity contribution in [2.75, 3.05) is 20.5 Å². The number of nitrogens with zero attached hydrogens (tertiary/aromatic N) is 3. The molecule has 2 aromatic rings. The van der Waals surface area contributed by atoms with Crippen molar-refractivity contribution in [3.63, 3.8) is 0 Å². The normalized spacial score (nSPS) is 11.7. The number of methoxy groups -OCH3 is 1. The third-order valence-electron chi connectivity index (χ3n) is 2.74. The first-order chi connectivity index (χ1) is 11.2. The first kappa shape index (κ1) is 17.2. The molecule has 2 rings (SSSR count). The van der Waals surface area contributed by atoms with Gasteiger partial charge in [-0.2, -0.15) is 0 Å². The van der Waals surface area contributed by atoms with Crippen LogP contribution in [0.5, 0.6) is 0 Å². The Morgan fingerprint density at radius 3 is 2.65 bits per heavy atom. The Balaban J connectivity index is 2.16. The van der Waals surface area contributed by atoms with Gasteiger partial charge in [0.25, 0.3) is 0 Å². The number of carbonyl (C=O) groups excluding carboxylic acids is 1. The van der Waals surface area contributed by atoms with Crippen LogP contribution in [0.25, 0.3) is 0 Å². The summed E-state index contributed by atoms with van der Waals surface area (Å²) in [5.74, 6) is -0.611. The summed E-state index contributed by atoms with van der Waals surface area (Å²) in [5, 5.41) is 5.84. The van der Waals surface area contributed by atoms with Gasteiger partial charge in [-0.3, -0.25) is 0 Å². The fourth-order valence-corrected chi connectivity index (χ4v) is 2.68. The van der Waals surface area contributed by atoms with Gasteiger partial charge in [-0.25, -0.2) is 14.8 Å². The van der Waals surface area contributed by atoms with Gasteiger partial charge in [-0.1, -0.05) is 17.3 Å². The van der Waals surface area contributed by atoms with E-state index >= 15 is 0 Å². The van der Waals surface area contributed by atoms with E-state index in [1.807, 2.05) is 30.5 Å². The highest BCUT2D eigenvalue weighted by Gasteiger charge is 2.18. The molecule has 0 amide bonds. The van der Waals surface area contributed by atoms with E-state index < -0.39 is 5.97 Å². The van der Waals surface area contributed by atoms with Crippen molar-refractivity contribution in [2.45, 2.75) is 4.90 Å². The van der Waals surface area contributed by atoms with Crippen LogP contribution < -0.4 is 0 Å². The van der Waals surface area contributed by atoms with Crippen LogP contribution in [0.4, 0.5) is 5.13 Å². The summed E-state index contributed by atoms with van der Waals surface area (Å²) in [7, 11) is 2.63. The van der Waals surface area contributed by atoms with E-state index in [1.165, 1.54) is 30.5 Å². The van der Waals surface area contributed by atoms with Gasteiger partial charge >= 0.3 is 5.97 Å². The topological polar surface area (TPSA) is 73.1 Å². The molecule has 0 aliphatic rings. The summed E-state index contributed by atoms with van der Waals surface area (Å²) >= 11 is 2.99. The lowest BCUT2D eigenvalue weighted by molar-refractivity contribution is -0.132. The molecule has 1 heterocycles. The molecule has 0 radical (unpaired) electrons. The Kier molecular flexibility index (Phi) is 6.30. The quantitative estimate of drug-likeness (QED) is 0.347. The summed E-state index contributed by atoms with van der Waals surface area (Å²) < 4.78 is 4.65. The van der Waals surface area contributed by atoms with Crippen LogP contribution in [0.2, 0.25) is 0 Å². The van der Waals surface area contributed by atoms with Crippen molar-refractivity contribution in [1.29, 1.82) is 0 Å². The molecule has 0 N–H and O–H groups in total. The molecule has 120 valence electrons. The third-order valence-corrected chi connectivity index (χ3v) is 4.23. The van der Waals surface area contributed by atoms with Crippen LogP contribution in [0.15, 0.2) is 44.7 Å². The minimum Gasteiger partial charge on any atom is -0.464 e. The number of esters is 1. The van der Waals surface area contributed by atoms with Crippen LogP contribution in [0.1, 0.15) is 11.3 Å². The number of oxime groups is 1. The minimum absolute atomic E-state index is 0.0111. The lowest BCUT2D eigenvalue weighted by Gasteiger charge is -1.99. The van der Waals surface area contributed by atoms with Crippen molar-refractivity contribution in [1.82, 2.24) is 4.98 Å². The van der Waals surface area contributed by atoms with Gasteiger partial charge in [0, 0.05) is 16.5 Å². The molecular weight excluding hydrogens is 334 g/mol. The van der Waals surface area contributed by atoms with E-state index in [-0.39, 0.29) is 5.71 Å². The summed E-state index contributed by atoms with van der Waals surface area (Å²) in [6, 6.07) is 8.02. The number of hydrogen-bond donors (Lipinski definition) is 0. The van der Waals surface area contributed by atoms with E-state index in [9.17, 15) is 4.79 Å². The lowest BCUT2D eigenvalue weighted by Crippen LogP contribution is -2.17. The predicted octanol–water partition coefficient (Wildman–Crippen LogP) is 3.14. The fourth-order valence-electron chi connectivity index (χ4n) is 1.63. The van der Waals surface area contributed by atoms with E-state index in [1.54, 1.807) is 23.4 Å². The number of carbonyl (C=O) groups is 1. The Bertz CT molecular complexity index is 724. The number of hydrogen-bond acceptors (Lipinski definition) is 8. The number of ether oxygens (including phenoxy) is 1. The fraction of sp³-hybridized carbons (Fsp3) is 0.200. The predicted molar refractivity (Wildman–Crippen MR) is 93.2 cm³/mol. The first-order valence-electron chi connectivity index (χ1n) is 6.51. The van der Waals surface area contributed by atoms with E-state index in [4.69, 9.17) is 0 Å². The van der Waals surface area contributed by atoms with Gasteiger partial charge in [0.15, 0.2) is 0 Å². The molecule has 23 heavy (non-hydrogen) atoms. The molecule has 6 nitrogen and oxygen atoms in total. The van der Waals surface area contributed by atoms with Gasteiger partial charge in [-0.05, 0) is 24.0 Å². The van der Waals surface area contributed by atoms with Crippen molar-refractivity contribution in [3.8, 4) is 0 Å². The standard InChI is InChI=1S/C15H15N3O3S2/c1-20-14(19)13(18-21-2)12-9-23-15(17-12)16-8-10-4-6-11(22-3)7-5-10/h4-9H,1-3H3/b16-8+,18-13-. The molecule has 0 atom stereocenters. The largest absolute Gasteiger partial charge is 0.464 e. The number of thioether (sulfide) groups is 1. The maximum absolute atomic E-state index is 11.6. The molecule has 0 spiro atoms. The zero-order valence-electron chi connectivity index (χ0n) is 12.8. The molecule has 0 saturated heterocycles. The van der Waals surface area contributed by atoms with Crippen molar-refractivity contribution in [2.24, 2.45) is 10.1 Å². The number of benzene rings is 1. The Morgan fingerprint density at radius 2 is 2.04 bits per heavy atom. The minimum atomic E-state index is -0.611. The van der Waals surface area contributed by atoms with Crippen molar-refractivity contribution in [3.05, 3.63) is 40.9 Å². The molecule has 0 bridgehead atoms. The molecule has 0 unspecified atom stereocenters. The Hall–Kier alpha value is -2.19. The zero-order valence-corrected chi connectivity index (χ0v) is 14.5. The molecule has 0 fully saturated rings. The van der Waals surface area contributed by atoms with Gasteiger partial charge in [0.05, 0.1) is 7.11 Å². The van der Waals surface area contributed by atoms with Crippen molar-refractivity contribution < 1.29 is 14.4 Å². The third kappa shape index (κ3) is 4.64. The van der Waals surface area contributed by atoms with Crippen LogP contribution >= 0.6 is 23.1 Å². The maximum atomic E-state index is 11.6. The van der Waals surface area contributed by atoms with Gasteiger partial charge in [0.1, 0.15) is 12.8 Å². The Labute approximate surface area is 142 Å². The number of aromatic nitrogens is 1. The molecule has 0 aliphatic carbocycles. The van der Waals surface area contributed by atoms with E-state index in [2.05, 4.69) is 24.7 Å². The molecule has 1 aromatic heterocycles. The average molecular weight is 349 g/mol. The SMILES string of the molecule is CO/N=C(\C(=O)OC)c1csc(/N=C/c2ccc(SC)cc2)n1. The van der Waals surface area contributed by atoms with Gasteiger partial charge in [0.2, 0.25) is 10.8 Å². The molecule has 0 saturated carbocycles. The average Bonchev–Trinajstić information content (AvgIpc) is 3.06. The smallest absolute Gasteiger partial charge is 0.362 e. The highest BCUT2D eigenvalue weighted by Crippen LogP contribution is 2.20. The molecule has 0 aliphatic heterocycles. The highest BCUT2D eigenvalue weighted by atomic mass is 32.2. The van der Waals surface area contributed by atoms with Crippen LogP contribution in [-0.2, 0) is 14.4 Å². The second-order valence-corrected chi connectivity index (χ2v) is 5.88. The number of rotatable bonds is 6. The van der Waals surface area contributed by atoms with E-state index in [0.717, 1.165) is 5.56 Å².